The molecule has 0 saturated carbocycles. The largest absolute Gasteiger partial charge is 0.456 e. The number of hydrogen-bond donors (Lipinski definition) is 0. The molecule has 0 radical (unpaired) electrons. The van der Waals surface area contributed by atoms with E-state index in [4.69, 9.17) is 4.74 Å². The molecule has 5 nitrogen and oxygen atoms in total. The molecule has 1 amide bonds. The molecular weight excluding hydrogens is 384 g/mol. The van der Waals surface area contributed by atoms with Gasteiger partial charge in [0.25, 0.3) is 0 Å². The van der Waals surface area contributed by atoms with Crippen LogP contribution in [-0.2, 0) is 16.1 Å². The molecule has 1 aromatic heterocycles. The Morgan fingerprint density at radius 3 is 2.48 bits per heavy atom. The highest BCUT2D eigenvalue weighted by atomic mass is 32.1. The average molecular weight is 409 g/mol. The fourth-order valence-corrected chi connectivity index (χ4v) is 3.76. The molecule has 29 heavy (non-hydrogen) atoms. The molecule has 0 atom stereocenters. The predicted octanol–water partition coefficient (Wildman–Crippen LogP) is 5.62. The van der Waals surface area contributed by atoms with E-state index in [1.54, 1.807) is 22.4 Å². The van der Waals surface area contributed by atoms with Crippen molar-refractivity contribution >= 4 is 34.0 Å². The number of benzene rings is 2. The molecule has 6 heteroatoms. The lowest BCUT2D eigenvalue weighted by Crippen LogP contribution is -2.22. The highest BCUT2D eigenvalue weighted by Crippen LogP contribution is 2.29. The maximum atomic E-state index is 12.3. The minimum absolute atomic E-state index is 0.0564. The van der Waals surface area contributed by atoms with Gasteiger partial charge in [0.15, 0.2) is 5.13 Å². The predicted molar refractivity (Wildman–Crippen MR) is 116 cm³/mol. The van der Waals surface area contributed by atoms with Crippen molar-refractivity contribution in [3.8, 4) is 0 Å². The van der Waals surface area contributed by atoms with Crippen LogP contribution in [0, 0.1) is 6.92 Å². The Labute approximate surface area is 175 Å². The number of amides is 1. The average Bonchev–Trinajstić information content (AvgIpc) is 3.14. The highest BCUT2D eigenvalue weighted by Gasteiger charge is 2.18. The van der Waals surface area contributed by atoms with Gasteiger partial charge in [0.1, 0.15) is 6.61 Å². The molecule has 0 aliphatic rings. The van der Waals surface area contributed by atoms with E-state index in [1.165, 1.54) is 23.8 Å². The van der Waals surface area contributed by atoms with E-state index in [0.717, 1.165) is 11.3 Å². The third-order valence-electron chi connectivity index (χ3n) is 4.47. The molecule has 0 aliphatic carbocycles. The van der Waals surface area contributed by atoms with Gasteiger partial charge >= 0.3 is 5.97 Å². The van der Waals surface area contributed by atoms with Crippen molar-refractivity contribution in [1.29, 1.82) is 0 Å². The molecule has 0 bridgehead atoms. The monoisotopic (exact) mass is 408 g/mol. The molecular formula is C23H24N2O3S. The lowest BCUT2D eigenvalue weighted by atomic mass is 10.0. The van der Waals surface area contributed by atoms with Crippen LogP contribution in [0.15, 0.2) is 53.9 Å². The lowest BCUT2D eigenvalue weighted by molar-refractivity contribution is -0.115. The van der Waals surface area contributed by atoms with Gasteiger partial charge < -0.3 is 4.74 Å². The van der Waals surface area contributed by atoms with Crippen molar-refractivity contribution in [1.82, 2.24) is 4.98 Å². The van der Waals surface area contributed by atoms with Gasteiger partial charge in [-0.1, -0.05) is 38.1 Å². The van der Waals surface area contributed by atoms with Gasteiger partial charge in [-0.15, -0.1) is 11.3 Å². The van der Waals surface area contributed by atoms with E-state index >= 15 is 0 Å². The SMILES string of the molecule is CC(=O)N(c1cccc(C)c1)c1nc(COC(=O)c2ccc(C(C)C)cc2)cs1. The van der Waals surface area contributed by atoms with Crippen molar-refractivity contribution in [2.45, 2.75) is 40.2 Å². The Kier molecular flexibility index (Phi) is 6.44. The Morgan fingerprint density at radius 1 is 1.14 bits per heavy atom. The molecule has 3 rings (SSSR count). The van der Waals surface area contributed by atoms with Crippen LogP contribution in [0.25, 0.3) is 0 Å². The second-order valence-corrected chi connectivity index (χ2v) is 8.00. The number of anilines is 2. The summed E-state index contributed by atoms with van der Waals surface area (Å²) < 4.78 is 5.39. The fourth-order valence-electron chi connectivity index (χ4n) is 2.89. The van der Waals surface area contributed by atoms with Gasteiger partial charge in [-0.25, -0.2) is 9.78 Å². The number of thiazole rings is 1. The summed E-state index contributed by atoms with van der Waals surface area (Å²) >= 11 is 1.34. The molecule has 0 unspecified atom stereocenters. The van der Waals surface area contributed by atoms with E-state index in [9.17, 15) is 9.59 Å². The van der Waals surface area contributed by atoms with E-state index in [1.807, 2.05) is 43.3 Å². The number of esters is 1. The quantitative estimate of drug-likeness (QED) is 0.497. The zero-order valence-corrected chi connectivity index (χ0v) is 17.8. The van der Waals surface area contributed by atoms with Crippen LogP contribution >= 0.6 is 11.3 Å². The van der Waals surface area contributed by atoms with Gasteiger partial charge in [0, 0.05) is 12.3 Å². The summed E-state index contributed by atoms with van der Waals surface area (Å²) in [6.07, 6.45) is 0. The van der Waals surface area contributed by atoms with Gasteiger partial charge in [0.2, 0.25) is 5.91 Å². The number of carbonyl (C=O) groups excluding carboxylic acids is 2. The summed E-state index contributed by atoms with van der Waals surface area (Å²) in [4.78, 5) is 30.5. The molecule has 0 saturated heterocycles. The number of nitrogens with zero attached hydrogens (tertiary/aromatic N) is 2. The van der Waals surface area contributed by atoms with Crippen molar-refractivity contribution in [3.63, 3.8) is 0 Å². The lowest BCUT2D eigenvalue weighted by Gasteiger charge is -2.18. The topological polar surface area (TPSA) is 59.5 Å². The van der Waals surface area contributed by atoms with E-state index in [-0.39, 0.29) is 12.5 Å². The van der Waals surface area contributed by atoms with Crippen LogP contribution in [0.2, 0.25) is 0 Å². The first-order valence-corrected chi connectivity index (χ1v) is 10.3. The number of hydrogen-bond acceptors (Lipinski definition) is 5. The molecule has 3 aromatic rings. The Balaban J connectivity index is 1.69. The fraction of sp³-hybridized carbons (Fsp3) is 0.261. The summed E-state index contributed by atoms with van der Waals surface area (Å²) in [7, 11) is 0. The molecule has 150 valence electrons. The first-order valence-electron chi connectivity index (χ1n) is 9.44. The first-order chi connectivity index (χ1) is 13.8. The molecule has 2 aromatic carbocycles. The molecule has 0 N–H and O–H groups in total. The third-order valence-corrected chi connectivity index (χ3v) is 5.34. The van der Waals surface area contributed by atoms with Crippen molar-refractivity contribution in [3.05, 3.63) is 76.3 Å². The van der Waals surface area contributed by atoms with E-state index < -0.39 is 5.97 Å². The van der Waals surface area contributed by atoms with Gasteiger partial charge in [-0.2, -0.15) is 0 Å². The number of aryl methyl sites for hydroxylation is 1. The summed E-state index contributed by atoms with van der Waals surface area (Å²) in [5.74, 6) is -0.109. The van der Waals surface area contributed by atoms with Crippen molar-refractivity contribution in [2.75, 3.05) is 4.90 Å². The summed E-state index contributed by atoms with van der Waals surface area (Å²) in [5.41, 5.74) is 4.11. The second kappa shape index (κ2) is 9.01. The van der Waals surface area contributed by atoms with Gasteiger partial charge in [0.05, 0.1) is 16.9 Å². The number of carbonyl (C=O) groups is 2. The van der Waals surface area contributed by atoms with E-state index in [0.29, 0.717) is 22.3 Å². The smallest absolute Gasteiger partial charge is 0.338 e. The van der Waals surface area contributed by atoms with Crippen LogP contribution in [0.3, 0.4) is 0 Å². The zero-order valence-electron chi connectivity index (χ0n) is 17.0. The van der Waals surface area contributed by atoms with Crippen molar-refractivity contribution in [2.24, 2.45) is 0 Å². The molecule has 1 heterocycles. The Morgan fingerprint density at radius 2 is 1.86 bits per heavy atom. The Bertz CT molecular complexity index is 1010. The molecule has 0 aliphatic heterocycles. The van der Waals surface area contributed by atoms with Crippen molar-refractivity contribution < 1.29 is 14.3 Å². The zero-order chi connectivity index (χ0) is 21.0. The summed E-state index contributed by atoms with van der Waals surface area (Å²) in [5, 5.41) is 2.35. The normalized spacial score (nSPS) is 10.8. The second-order valence-electron chi connectivity index (χ2n) is 7.17. The maximum absolute atomic E-state index is 12.3. The molecule has 0 spiro atoms. The minimum Gasteiger partial charge on any atom is -0.456 e. The van der Waals surface area contributed by atoms with Crippen LogP contribution in [0.1, 0.15) is 53.9 Å². The highest BCUT2D eigenvalue weighted by molar-refractivity contribution is 7.14. The summed E-state index contributed by atoms with van der Waals surface area (Å²) in [6, 6.07) is 15.1. The Hall–Kier alpha value is -2.99. The van der Waals surface area contributed by atoms with Crippen LogP contribution in [0.4, 0.5) is 10.8 Å². The first kappa shape index (κ1) is 20.7. The number of ether oxygens (including phenoxy) is 1. The summed E-state index contributed by atoms with van der Waals surface area (Å²) in [6.45, 7) is 7.75. The van der Waals surface area contributed by atoms with Crippen LogP contribution < -0.4 is 4.90 Å². The van der Waals surface area contributed by atoms with Crippen LogP contribution in [0.5, 0.6) is 0 Å². The number of aromatic nitrogens is 1. The number of rotatable bonds is 6. The van der Waals surface area contributed by atoms with Gasteiger partial charge in [-0.3, -0.25) is 9.69 Å². The van der Waals surface area contributed by atoms with Crippen LogP contribution in [-0.4, -0.2) is 16.9 Å². The van der Waals surface area contributed by atoms with Gasteiger partial charge in [-0.05, 0) is 48.2 Å². The van der Waals surface area contributed by atoms with E-state index in [2.05, 4.69) is 18.8 Å². The molecule has 0 fully saturated rings. The standard InChI is InChI=1S/C23H24N2O3S/c1-15(2)18-8-10-19(11-9-18)22(27)28-13-20-14-29-23(24-20)25(17(4)26)21-7-5-6-16(3)12-21/h5-12,14-15H,13H2,1-4H3. The maximum Gasteiger partial charge on any atom is 0.338 e. The third kappa shape index (κ3) is 5.09. The minimum atomic E-state index is -0.392.